The number of rotatable bonds is 0. The first-order chi connectivity index (χ1) is 9.00. The van der Waals surface area contributed by atoms with Crippen molar-refractivity contribution in [3.05, 3.63) is 0 Å². The zero-order chi connectivity index (χ0) is 12.7. The van der Waals surface area contributed by atoms with E-state index in [1.54, 1.807) is 0 Å². The van der Waals surface area contributed by atoms with Gasteiger partial charge in [-0.3, -0.25) is 4.84 Å². The summed E-state index contributed by atoms with van der Waals surface area (Å²) in [5.74, 6) is 0. The molecular weight excluding hydrogens is 238 g/mol. The van der Waals surface area contributed by atoms with Gasteiger partial charge < -0.3 is 24.8 Å². The van der Waals surface area contributed by atoms with E-state index < -0.39 is 0 Å². The summed E-state index contributed by atoms with van der Waals surface area (Å²) in [4.78, 5) is 5.08. The third-order valence-electron chi connectivity index (χ3n) is 2.29. The summed E-state index contributed by atoms with van der Waals surface area (Å²) >= 11 is 0. The minimum absolute atomic E-state index is 0.265. The molecule has 0 aromatic rings. The van der Waals surface area contributed by atoms with Gasteiger partial charge in [0.2, 0.25) is 0 Å². The fraction of sp³-hybridized carbons (Fsp3) is 1.00. The van der Waals surface area contributed by atoms with Crippen LogP contribution in [0.15, 0.2) is 0 Å². The zero-order valence-electron chi connectivity index (χ0n) is 10.9. The Labute approximate surface area is 108 Å². The molecule has 108 valence electrons. The monoisotopic (exact) mass is 263 g/mol. The fourth-order valence-electron chi connectivity index (χ4n) is 1.36. The molecule has 7 heteroatoms. The molecule has 0 aromatic carbocycles. The zero-order valence-corrected chi connectivity index (χ0v) is 10.9. The Morgan fingerprint density at radius 2 is 1.17 bits per heavy atom. The minimum Gasteiger partial charge on any atom is -0.378 e. The van der Waals surface area contributed by atoms with Crippen LogP contribution in [0.25, 0.3) is 0 Å². The van der Waals surface area contributed by atoms with Gasteiger partial charge in [-0.1, -0.05) is 0 Å². The molecule has 3 N–H and O–H groups in total. The Morgan fingerprint density at radius 1 is 0.556 bits per heavy atom. The number of ether oxygens (including phenoxy) is 3. The Hall–Kier alpha value is -0.280. The Bertz CT molecular complexity index is 99.3. The highest BCUT2D eigenvalue weighted by atomic mass is 16.8. The molecule has 0 amide bonds. The van der Waals surface area contributed by atoms with Crippen molar-refractivity contribution in [2.75, 3.05) is 72.6 Å². The molecule has 1 heterocycles. The summed E-state index contributed by atoms with van der Waals surface area (Å²) in [6.45, 7) is 7.61. The van der Waals surface area contributed by atoms with E-state index >= 15 is 0 Å². The molecule has 1 saturated heterocycles. The lowest BCUT2D eigenvalue weighted by Crippen LogP contribution is -2.31. The predicted molar refractivity (Wildman–Crippen MR) is 67.3 cm³/mol. The molecule has 0 spiro atoms. The molecular formula is C11H25N3O4. The van der Waals surface area contributed by atoms with Crippen LogP contribution in [0, 0.1) is 0 Å². The highest BCUT2D eigenvalue weighted by molar-refractivity contribution is 4.47. The molecule has 1 rings (SSSR count). The SMILES string of the molecule is C1CNOCOCCNCCOCCOCCN1. The first-order valence-electron chi connectivity index (χ1n) is 6.49. The second kappa shape index (κ2) is 13.2. The summed E-state index contributed by atoms with van der Waals surface area (Å²) in [5.41, 5.74) is 2.82. The fourth-order valence-corrected chi connectivity index (χ4v) is 1.36. The van der Waals surface area contributed by atoms with E-state index in [1.807, 2.05) is 0 Å². The molecule has 7 nitrogen and oxygen atoms in total. The summed E-state index contributed by atoms with van der Waals surface area (Å²) in [6, 6.07) is 0. The van der Waals surface area contributed by atoms with Crippen molar-refractivity contribution in [1.82, 2.24) is 16.1 Å². The van der Waals surface area contributed by atoms with Gasteiger partial charge in [-0.15, -0.1) is 0 Å². The Balaban J connectivity index is 2.00. The number of hydrogen-bond acceptors (Lipinski definition) is 7. The molecule has 0 aromatic heterocycles. The van der Waals surface area contributed by atoms with E-state index in [0.717, 1.165) is 32.7 Å². The van der Waals surface area contributed by atoms with Crippen molar-refractivity contribution in [3.63, 3.8) is 0 Å². The number of nitrogens with one attached hydrogen (secondary N) is 3. The molecule has 18 heavy (non-hydrogen) atoms. The number of hydroxylamine groups is 1. The molecule has 1 fully saturated rings. The quantitative estimate of drug-likeness (QED) is 0.502. The van der Waals surface area contributed by atoms with Crippen molar-refractivity contribution in [3.8, 4) is 0 Å². The van der Waals surface area contributed by atoms with Gasteiger partial charge in [-0.25, -0.2) is 0 Å². The van der Waals surface area contributed by atoms with Crippen LogP contribution in [-0.2, 0) is 19.0 Å². The third kappa shape index (κ3) is 10.8. The minimum atomic E-state index is 0.265. The lowest BCUT2D eigenvalue weighted by molar-refractivity contribution is -0.0974. The average Bonchev–Trinajstić information content (AvgIpc) is 2.39. The van der Waals surface area contributed by atoms with Crippen LogP contribution in [0.4, 0.5) is 0 Å². The van der Waals surface area contributed by atoms with Crippen LogP contribution < -0.4 is 16.1 Å². The Morgan fingerprint density at radius 3 is 1.89 bits per heavy atom. The van der Waals surface area contributed by atoms with Gasteiger partial charge in [0.15, 0.2) is 6.79 Å². The van der Waals surface area contributed by atoms with E-state index in [1.165, 1.54) is 0 Å². The van der Waals surface area contributed by atoms with Crippen molar-refractivity contribution in [1.29, 1.82) is 0 Å². The Kier molecular flexibility index (Phi) is 11.5. The molecule has 0 radical (unpaired) electrons. The normalized spacial score (nSPS) is 24.0. The molecule has 0 atom stereocenters. The highest BCUT2D eigenvalue weighted by Gasteiger charge is 1.94. The standard InChI is InChI=1S/C11H25N3O4/c1-2-14-18-11-17-8-5-13-4-7-16-10-9-15-6-3-12-1/h12-14H,1-11H2. The van der Waals surface area contributed by atoms with Gasteiger partial charge in [0.1, 0.15) is 0 Å². The molecule has 0 bridgehead atoms. The van der Waals surface area contributed by atoms with E-state index in [4.69, 9.17) is 19.0 Å². The summed E-state index contributed by atoms with van der Waals surface area (Å²) < 4.78 is 16.0. The first kappa shape index (κ1) is 15.8. The van der Waals surface area contributed by atoms with Crippen LogP contribution in [0.2, 0.25) is 0 Å². The van der Waals surface area contributed by atoms with Gasteiger partial charge in [-0.05, 0) is 0 Å². The summed E-state index contributed by atoms with van der Waals surface area (Å²) in [6.07, 6.45) is 0. The molecule has 0 unspecified atom stereocenters. The maximum atomic E-state index is 5.40. The largest absolute Gasteiger partial charge is 0.378 e. The van der Waals surface area contributed by atoms with E-state index in [0.29, 0.717) is 33.0 Å². The molecule has 1 aliphatic rings. The van der Waals surface area contributed by atoms with Gasteiger partial charge in [0.25, 0.3) is 0 Å². The van der Waals surface area contributed by atoms with Crippen LogP contribution in [0.1, 0.15) is 0 Å². The molecule has 0 saturated carbocycles. The predicted octanol–water partition coefficient (Wildman–Crippen LogP) is -1.29. The van der Waals surface area contributed by atoms with Crippen LogP contribution in [0.3, 0.4) is 0 Å². The van der Waals surface area contributed by atoms with Crippen molar-refractivity contribution in [2.24, 2.45) is 0 Å². The number of hydrogen-bond donors (Lipinski definition) is 3. The van der Waals surface area contributed by atoms with Crippen molar-refractivity contribution in [2.45, 2.75) is 0 Å². The average molecular weight is 263 g/mol. The smallest absolute Gasteiger partial charge is 0.166 e. The maximum absolute atomic E-state index is 5.40. The van der Waals surface area contributed by atoms with Gasteiger partial charge in [0.05, 0.1) is 33.0 Å². The second-order valence-corrected chi connectivity index (χ2v) is 3.79. The molecule has 1 aliphatic heterocycles. The second-order valence-electron chi connectivity index (χ2n) is 3.79. The van der Waals surface area contributed by atoms with E-state index in [2.05, 4.69) is 16.1 Å². The lowest BCUT2D eigenvalue weighted by atomic mass is 10.6. The van der Waals surface area contributed by atoms with Crippen LogP contribution >= 0.6 is 0 Å². The van der Waals surface area contributed by atoms with Crippen LogP contribution in [0.5, 0.6) is 0 Å². The highest BCUT2D eigenvalue weighted by Crippen LogP contribution is 1.79. The maximum Gasteiger partial charge on any atom is 0.166 e. The van der Waals surface area contributed by atoms with Crippen LogP contribution in [-0.4, -0.2) is 72.6 Å². The first-order valence-corrected chi connectivity index (χ1v) is 6.49. The van der Waals surface area contributed by atoms with Gasteiger partial charge in [0, 0.05) is 32.7 Å². The van der Waals surface area contributed by atoms with Gasteiger partial charge in [-0.2, -0.15) is 5.48 Å². The third-order valence-corrected chi connectivity index (χ3v) is 2.29. The van der Waals surface area contributed by atoms with Gasteiger partial charge >= 0.3 is 0 Å². The topological polar surface area (TPSA) is 73.0 Å². The molecule has 0 aliphatic carbocycles. The van der Waals surface area contributed by atoms with Crippen molar-refractivity contribution < 1.29 is 19.0 Å². The summed E-state index contributed by atoms with van der Waals surface area (Å²) in [7, 11) is 0. The van der Waals surface area contributed by atoms with E-state index in [9.17, 15) is 0 Å². The lowest BCUT2D eigenvalue weighted by Gasteiger charge is -2.10. The summed E-state index contributed by atoms with van der Waals surface area (Å²) in [5, 5.41) is 6.44. The van der Waals surface area contributed by atoms with E-state index in [-0.39, 0.29) is 6.79 Å². The van der Waals surface area contributed by atoms with Crippen molar-refractivity contribution >= 4 is 0 Å².